The van der Waals surface area contributed by atoms with Crippen LogP contribution in [0.5, 0.6) is 5.75 Å². The number of aromatic amines is 1. The van der Waals surface area contributed by atoms with Crippen LogP contribution in [0, 0.1) is 11.8 Å². The van der Waals surface area contributed by atoms with E-state index in [1.54, 1.807) is 6.20 Å². The maximum absolute atomic E-state index is 11.2. The number of nitrogens with one attached hydrogen (secondary N) is 1. The first-order valence-corrected chi connectivity index (χ1v) is 10.8. The number of pyridine rings is 2. The lowest BCUT2D eigenvalue weighted by molar-refractivity contribution is 0.153. The maximum atomic E-state index is 11.2. The number of nitrogens with zero attached hydrogens (tertiary/aromatic N) is 6. The third kappa shape index (κ3) is 2.94. The number of hydrogen-bond acceptors (Lipinski definition) is 6. The molecule has 6 heterocycles. The van der Waals surface area contributed by atoms with Crippen molar-refractivity contribution in [3.8, 4) is 16.9 Å². The van der Waals surface area contributed by atoms with Crippen LogP contribution in [0.3, 0.4) is 0 Å². The van der Waals surface area contributed by atoms with Crippen molar-refractivity contribution in [3.05, 3.63) is 36.8 Å². The van der Waals surface area contributed by atoms with Crippen molar-refractivity contribution in [1.82, 2.24) is 29.7 Å². The zero-order valence-electron chi connectivity index (χ0n) is 17.6. The van der Waals surface area contributed by atoms with Crippen LogP contribution < -0.4 is 9.64 Å². The number of H-pyrrole nitrogens is 1. The van der Waals surface area contributed by atoms with E-state index in [1.807, 2.05) is 36.0 Å². The third-order valence-corrected chi connectivity index (χ3v) is 6.55. The fourth-order valence-corrected chi connectivity index (χ4v) is 5.07. The molecule has 2 N–H and O–H groups in total. The van der Waals surface area contributed by atoms with Gasteiger partial charge in [0.15, 0.2) is 5.65 Å². The molecule has 0 bridgehead atoms. The van der Waals surface area contributed by atoms with E-state index >= 15 is 0 Å². The normalized spacial score (nSPS) is 20.4. The average molecular weight is 433 g/mol. The number of carboxylic acid groups (broad SMARTS) is 1. The molecule has 2 atom stereocenters. The summed E-state index contributed by atoms with van der Waals surface area (Å²) in [5.74, 6) is 2.41. The Kier molecular flexibility index (Phi) is 4.20. The first kappa shape index (κ1) is 18.9. The molecule has 0 aromatic carbocycles. The molecular weight excluding hydrogens is 410 g/mol. The minimum absolute atomic E-state index is 0.372. The molecule has 1 amide bonds. The molecule has 0 saturated carbocycles. The summed E-state index contributed by atoms with van der Waals surface area (Å²) in [4.78, 5) is 19.8. The number of amides is 1. The number of carbonyl (C=O) groups is 1. The lowest BCUT2D eigenvalue weighted by atomic mass is 10.0. The average Bonchev–Trinajstić information content (AvgIpc) is 3.53. The van der Waals surface area contributed by atoms with Crippen LogP contribution in [0.15, 0.2) is 36.8 Å². The SMILES string of the molecule is CCOc1cc(-c2ccc(N3C[C@H]4CN(C(=O)O)C[C@H]4C3)nc2)c2c3cn[nH]c3nn2c1. The molecule has 32 heavy (non-hydrogen) atoms. The van der Waals surface area contributed by atoms with Gasteiger partial charge in [-0.2, -0.15) is 5.10 Å². The number of ether oxygens (including phenoxy) is 1. The fourth-order valence-electron chi connectivity index (χ4n) is 5.07. The van der Waals surface area contributed by atoms with E-state index in [0.29, 0.717) is 31.5 Å². The van der Waals surface area contributed by atoms with Crippen molar-refractivity contribution < 1.29 is 14.6 Å². The Morgan fingerprint density at radius 3 is 2.72 bits per heavy atom. The molecule has 6 rings (SSSR count). The Hall–Kier alpha value is -3.82. The largest absolute Gasteiger partial charge is 0.492 e. The van der Waals surface area contributed by atoms with Crippen LogP contribution in [0.4, 0.5) is 10.6 Å². The number of hydrogen-bond donors (Lipinski definition) is 2. The summed E-state index contributed by atoms with van der Waals surface area (Å²) in [5.41, 5.74) is 3.63. The molecule has 2 saturated heterocycles. The van der Waals surface area contributed by atoms with Gasteiger partial charge in [0.2, 0.25) is 0 Å². The molecule has 4 aromatic heterocycles. The summed E-state index contributed by atoms with van der Waals surface area (Å²) in [6, 6.07) is 6.13. The minimum atomic E-state index is -0.819. The minimum Gasteiger partial charge on any atom is -0.492 e. The Bertz CT molecular complexity index is 1300. The molecule has 4 aromatic rings. The van der Waals surface area contributed by atoms with Gasteiger partial charge in [0, 0.05) is 55.3 Å². The highest BCUT2D eigenvalue weighted by Crippen LogP contribution is 2.36. The quantitative estimate of drug-likeness (QED) is 0.509. The van der Waals surface area contributed by atoms with Gasteiger partial charge in [-0.25, -0.2) is 14.3 Å². The van der Waals surface area contributed by atoms with Gasteiger partial charge < -0.3 is 19.6 Å². The number of likely N-dealkylation sites (tertiary alicyclic amines) is 1. The molecule has 0 radical (unpaired) electrons. The molecule has 2 aliphatic heterocycles. The van der Waals surface area contributed by atoms with E-state index in [0.717, 1.165) is 52.3 Å². The molecule has 2 fully saturated rings. The standard InChI is InChI=1S/C22H23N7O3/c1-2-32-16-5-17(20-18-7-24-25-21(18)26-29(20)12-16)13-3-4-19(23-6-13)27-8-14-10-28(22(30)31)11-15(14)9-27/h3-7,12,14-15H,2,8-11H2,1H3,(H,25,26)(H,30,31)/t14-,15+. The summed E-state index contributed by atoms with van der Waals surface area (Å²) < 4.78 is 7.59. The molecule has 2 aliphatic rings. The molecule has 10 heteroatoms. The van der Waals surface area contributed by atoms with Gasteiger partial charge >= 0.3 is 6.09 Å². The molecule has 0 aliphatic carbocycles. The van der Waals surface area contributed by atoms with Crippen molar-refractivity contribution in [2.24, 2.45) is 11.8 Å². The van der Waals surface area contributed by atoms with Gasteiger partial charge in [0.25, 0.3) is 0 Å². The third-order valence-electron chi connectivity index (χ3n) is 6.55. The second kappa shape index (κ2) is 7.11. The first-order chi connectivity index (χ1) is 15.6. The fraction of sp³-hybridized carbons (Fsp3) is 0.364. The van der Waals surface area contributed by atoms with Crippen molar-refractivity contribution in [3.63, 3.8) is 0 Å². The van der Waals surface area contributed by atoms with Crippen LogP contribution >= 0.6 is 0 Å². The number of rotatable bonds is 4. The van der Waals surface area contributed by atoms with E-state index < -0.39 is 6.09 Å². The van der Waals surface area contributed by atoms with E-state index in [2.05, 4.69) is 26.3 Å². The topological polar surface area (TPSA) is 112 Å². The van der Waals surface area contributed by atoms with Gasteiger partial charge in [0.05, 0.1) is 29.9 Å². The monoisotopic (exact) mass is 433 g/mol. The van der Waals surface area contributed by atoms with Crippen molar-refractivity contribution >= 4 is 28.5 Å². The predicted octanol–water partition coefficient (Wildman–Crippen LogP) is 2.72. The number of anilines is 1. The predicted molar refractivity (Wildman–Crippen MR) is 118 cm³/mol. The molecule has 0 spiro atoms. The number of aromatic nitrogens is 5. The van der Waals surface area contributed by atoms with Crippen molar-refractivity contribution in [1.29, 1.82) is 0 Å². The van der Waals surface area contributed by atoms with Crippen molar-refractivity contribution in [2.45, 2.75) is 6.92 Å². The van der Waals surface area contributed by atoms with Crippen LogP contribution in [0.1, 0.15) is 6.92 Å². The Morgan fingerprint density at radius 2 is 2.03 bits per heavy atom. The molecule has 0 unspecified atom stereocenters. The van der Waals surface area contributed by atoms with Crippen LogP contribution in [-0.4, -0.2) is 73.7 Å². The van der Waals surface area contributed by atoms with E-state index in [-0.39, 0.29) is 0 Å². The van der Waals surface area contributed by atoms with E-state index in [1.165, 1.54) is 4.90 Å². The van der Waals surface area contributed by atoms with E-state index in [9.17, 15) is 9.90 Å². The molecule has 164 valence electrons. The first-order valence-electron chi connectivity index (χ1n) is 10.8. The van der Waals surface area contributed by atoms with Crippen LogP contribution in [0.25, 0.3) is 27.7 Å². The zero-order chi connectivity index (χ0) is 21.8. The smallest absolute Gasteiger partial charge is 0.407 e. The molecule has 10 nitrogen and oxygen atoms in total. The number of fused-ring (bicyclic) bond motifs is 4. The van der Waals surface area contributed by atoms with Crippen LogP contribution in [0.2, 0.25) is 0 Å². The summed E-state index contributed by atoms with van der Waals surface area (Å²) in [6.07, 6.45) is 4.73. The highest BCUT2D eigenvalue weighted by molar-refractivity contribution is 6.00. The van der Waals surface area contributed by atoms with Crippen LogP contribution in [-0.2, 0) is 0 Å². The Morgan fingerprint density at radius 1 is 1.22 bits per heavy atom. The second-order valence-corrected chi connectivity index (χ2v) is 8.47. The Labute approximate surface area is 183 Å². The van der Waals surface area contributed by atoms with Gasteiger partial charge in [0.1, 0.15) is 11.6 Å². The summed E-state index contributed by atoms with van der Waals surface area (Å²) >= 11 is 0. The highest BCUT2D eigenvalue weighted by atomic mass is 16.5. The van der Waals surface area contributed by atoms with Gasteiger partial charge in [-0.05, 0) is 25.1 Å². The lowest BCUT2D eigenvalue weighted by Gasteiger charge is -2.21. The van der Waals surface area contributed by atoms with Gasteiger partial charge in [-0.3, -0.25) is 5.10 Å². The van der Waals surface area contributed by atoms with E-state index in [4.69, 9.17) is 9.72 Å². The second-order valence-electron chi connectivity index (χ2n) is 8.47. The molecular formula is C22H23N7O3. The van der Waals surface area contributed by atoms with Gasteiger partial charge in [-0.15, -0.1) is 5.10 Å². The lowest BCUT2D eigenvalue weighted by Crippen LogP contribution is -2.32. The highest BCUT2D eigenvalue weighted by Gasteiger charge is 2.42. The Balaban J connectivity index is 1.31. The van der Waals surface area contributed by atoms with Crippen molar-refractivity contribution in [2.75, 3.05) is 37.7 Å². The van der Waals surface area contributed by atoms with Gasteiger partial charge in [-0.1, -0.05) is 0 Å². The summed E-state index contributed by atoms with van der Waals surface area (Å²) in [7, 11) is 0. The maximum Gasteiger partial charge on any atom is 0.407 e. The zero-order valence-corrected chi connectivity index (χ0v) is 17.6. The summed E-state index contributed by atoms with van der Waals surface area (Å²) in [6.45, 7) is 5.42. The summed E-state index contributed by atoms with van der Waals surface area (Å²) in [5, 5.41) is 21.8.